The van der Waals surface area contributed by atoms with Crippen molar-refractivity contribution in [2.24, 2.45) is 0 Å². The molecule has 0 amide bonds. The number of fused-ring (bicyclic) bond motifs is 1. The van der Waals surface area contributed by atoms with E-state index < -0.39 is 16.6 Å². The highest BCUT2D eigenvalue weighted by atomic mass is 35.5. The molecule has 1 aromatic carbocycles. The molecule has 0 bridgehead atoms. The largest absolute Gasteiger partial charge is 0.435 e. The number of pyridine rings is 1. The highest BCUT2D eigenvalue weighted by Gasteiger charge is 2.25. The first-order valence-corrected chi connectivity index (χ1v) is 14.0. The van der Waals surface area contributed by atoms with Crippen molar-refractivity contribution >= 4 is 33.2 Å². The summed E-state index contributed by atoms with van der Waals surface area (Å²) in [6, 6.07) is 8.43. The second kappa shape index (κ2) is 10.4. The molecule has 9 nitrogen and oxygen atoms in total. The van der Waals surface area contributed by atoms with Crippen LogP contribution < -0.4 is 9.64 Å². The lowest BCUT2D eigenvalue weighted by Gasteiger charge is -2.33. The van der Waals surface area contributed by atoms with Crippen molar-refractivity contribution in [2.45, 2.75) is 20.0 Å². The molecule has 1 fully saturated rings. The first kappa shape index (κ1) is 26.3. The molecule has 4 aromatic rings. The fraction of sp³-hybridized carbons (Fsp3) is 0.320. The van der Waals surface area contributed by atoms with Crippen LogP contribution in [0.25, 0.3) is 16.8 Å². The molecule has 0 radical (unpaired) electrons. The first-order valence-electron chi connectivity index (χ1n) is 11.8. The van der Waals surface area contributed by atoms with E-state index in [4.69, 9.17) is 16.3 Å². The molecule has 5 rings (SSSR count). The van der Waals surface area contributed by atoms with Crippen molar-refractivity contribution in [3.8, 4) is 16.9 Å². The molecule has 1 aliphatic rings. The molecule has 3 aromatic heterocycles. The maximum absolute atomic E-state index is 12.9. The van der Waals surface area contributed by atoms with E-state index in [2.05, 4.69) is 15.0 Å². The van der Waals surface area contributed by atoms with E-state index in [1.165, 1.54) is 16.6 Å². The van der Waals surface area contributed by atoms with Gasteiger partial charge in [0.2, 0.25) is 16.0 Å². The number of halogens is 3. The van der Waals surface area contributed by atoms with Gasteiger partial charge < -0.3 is 14.0 Å². The third-order valence-corrected chi connectivity index (χ3v) is 8.11. The average Bonchev–Trinajstić information content (AvgIpc) is 3.17. The molecule has 1 aliphatic heterocycles. The molecule has 13 heteroatoms. The molecular weight excluding hydrogens is 538 g/mol. The van der Waals surface area contributed by atoms with Crippen LogP contribution in [0.2, 0.25) is 5.02 Å². The molecule has 200 valence electrons. The lowest BCUT2D eigenvalue weighted by molar-refractivity contribution is -0.0504. The van der Waals surface area contributed by atoms with Crippen molar-refractivity contribution in [3.05, 3.63) is 70.9 Å². The number of hydrogen-bond donors (Lipinski definition) is 0. The highest BCUT2D eigenvalue weighted by Crippen LogP contribution is 2.31. The topological polar surface area (TPSA) is 92.9 Å². The Labute approximate surface area is 223 Å². The Morgan fingerprint density at radius 1 is 1.11 bits per heavy atom. The van der Waals surface area contributed by atoms with Crippen LogP contribution in [0.4, 0.5) is 14.7 Å². The maximum atomic E-state index is 12.9. The van der Waals surface area contributed by atoms with E-state index in [1.807, 2.05) is 22.4 Å². The van der Waals surface area contributed by atoms with Gasteiger partial charge >= 0.3 is 6.61 Å². The number of rotatable bonds is 7. The fourth-order valence-electron chi connectivity index (χ4n) is 4.54. The number of imidazole rings is 1. The minimum absolute atomic E-state index is 0.118. The lowest BCUT2D eigenvalue weighted by atomic mass is 10.1. The molecule has 0 unspecified atom stereocenters. The maximum Gasteiger partial charge on any atom is 0.387 e. The van der Waals surface area contributed by atoms with Crippen molar-refractivity contribution < 1.29 is 21.9 Å². The Hall–Kier alpha value is -3.35. The fourth-order valence-corrected chi connectivity index (χ4v) is 5.62. The summed E-state index contributed by atoms with van der Waals surface area (Å²) in [5.41, 5.74) is 4.16. The summed E-state index contributed by atoms with van der Waals surface area (Å²) in [7, 11) is -3.22. The molecule has 0 N–H and O–H groups in total. The van der Waals surface area contributed by atoms with E-state index in [-0.39, 0.29) is 5.75 Å². The first-order chi connectivity index (χ1) is 18.1. The van der Waals surface area contributed by atoms with Gasteiger partial charge in [0.15, 0.2) is 0 Å². The zero-order valence-electron chi connectivity index (χ0n) is 20.7. The third-order valence-electron chi connectivity index (χ3n) is 6.50. The Kier molecular flexibility index (Phi) is 7.21. The van der Waals surface area contributed by atoms with Crippen LogP contribution in [0.5, 0.6) is 5.75 Å². The van der Waals surface area contributed by atoms with Crippen molar-refractivity contribution in [2.75, 3.05) is 37.3 Å². The van der Waals surface area contributed by atoms with Gasteiger partial charge in [0, 0.05) is 79.6 Å². The second-order valence-electron chi connectivity index (χ2n) is 8.99. The molecule has 0 aliphatic carbocycles. The van der Waals surface area contributed by atoms with E-state index in [0.717, 1.165) is 11.4 Å². The molecule has 0 atom stereocenters. The number of para-hydroxylation sites is 1. The number of sulfonamides is 1. The molecule has 0 saturated carbocycles. The summed E-state index contributed by atoms with van der Waals surface area (Å²) in [5.74, 6) is 0.626. The van der Waals surface area contributed by atoms with Crippen LogP contribution in [0.15, 0.2) is 48.9 Å². The molecular formula is C25H25ClF2N6O3S. The summed E-state index contributed by atoms with van der Waals surface area (Å²) in [5, 5.41) is 0.466. The zero-order chi connectivity index (χ0) is 27.0. The van der Waals surface area contributed by atoms with Gasteiger partial charge in [-0.1, -0.05) is 29.8 Å². The van der Waals surface area contributed by atoms with Crippen molar-refractivity contribution in [1.82, 2.24) is 23.7 Å². The van der Waals surface area contributed by atoms with Gasteiger partial charge in [0.1, 0.15) is 11.4 Å². The minimum atomic E-state index is -3.22. The smallest absolute Gasteiger partial charge is 0.387 e. The molecule has 0 spiro atoms. The van der Waals surface area contributed by atoms with E-state index >= 15 is 0 Å². The van der Waals surface area contributed by atoms with Gasteiger partial charge in [-0.25, -0.2) is 23.4 Å². The summed E-state index contributed by atoms with van der Waals surface area (Å²) in [6.07, 6.45) is 6.72. The molecule has 38 heavy (non-hydrogen) atoms. The van der Waals surface area contributed by atoms with Gasteiger partial charge in [-0.15, -0.1) is 0 Å². The Bertz CT molecular complexity index is 1570. The Morgan fingerprint density at radius 2 is 1.79 bits per heavy atom. The number of nitrogens with zero attached hydrogens (tertiary/aromatic N) is 6. The number of benzene rings is 1. The third kappa shape index (κ3) is 5.42. The van der Waals surface area contributed by atoms with Gasteiger partial charge in [0.25, 0.3) is 0 Å². The molecule has 4 heterocycles. The minimum Gasteiger partial charge on any atom is -0.435 e. The molecule has 1 saturated heterocycles. The number of alkyl halides is 2. The summed E-state index contributed by atoms with van der Waals surface area (Å²) in [4.78, 5) is 15.5. The van der Waals surface area contributed by atoms with Gasteiger partial charge in [0.05, 0.1) is 17.0 Å². The van der Waals surface area contributed by atoms with E-state index in [1.54, 1.807) is 36.7 Å². The standard InChI is InChI=1S/C25H25ClF2N6O3S/c1-16-21(11-17-5-3-4-6-22(17)37-24(27)28)34-15-19(20(26)12-23(34)31-16)18-13-29-25(30-14-18)32-7-9-33(10-8-32)38(2,35)36/h3-6,12-15,24H,7-11H2,1-2H3. The summed E-state index contributed by atoms with van der Waals surface area (Å²) < 4.78 is 57.4. The number of ether oxygens (including phenoxy) is 1. The predicted molar refractivity (Wildman–Crippen MR) is 140 cm³/mol. The van der Waals surface area contributed by atoms with Crippen LogP contribution in [-0.4, -0.2) is 71.1 Å². The number of piperazine rings is 1. The second-order valence-corrected chi connectivity index (χ2v) is 11.4. The normalized spacial score (nSPS) is 14.9. The Balaban J connectivity index is 1.42. The predicted octanol–water partition coefficient (Wildman–Crippen LogP) is 4.03. The quantitative estimate of drug-likeness (QED) is 0.336. The average molecular weight is 563 g/mol. The highest BCUT2D eigenvalue weighted by molar-refractivity contribution is 7.88. The Morgan fingerprint density at radius 3 is 2.45 bits per heavy atom. The van der Waals surface area contributed by atoms with E-state index in [0.29, 0.717) is 65.9 Å². The van der Waals surface area contributed by atoms with Gasteiger partial charge in [-0.3, -0.25) is 0 Å². The monoisotopic (exact) mass is 562 g/mol. The van der Waals surface area contributed by atoms with Crippen molar-refractivity contribution in [3.63, 3.8) is 0 Å². The number of anilines is 1. The summed E-state index contributed by atoms with van der Waals surface area (Å²) in [6.45, 7) is 0.674. The number of aromatic nitrogens is 4. The van der Waals surface area contributed by atoms with Gasteiger partial charge in [-0.05, 0) is 13.0 Å². The van der Waals surface area contributed by atoms with Crippen LogP contribution in [-0.2, 0) is 16.4 Å². The van der Waals surface area contributed by atoms with Gasteiger partial charge in [-0.2, -0.15) is 13.1 Å². The van der Waals surface area contributed by atoms with Crippen molar-refractivity contribution in [1.29, 1.82) is 0 Å². The van der Waals surface area contributed by atoms with Crippen LogP contribution in [0.1, 0.15) is 17.0 Å². The number of hydrogen-bond acceptors (Lipinski definition) is 7. The van der Waals surface area contributed by atoms with E-state index in [9.17, 15) is 17.2 Å². The van der Waals surface area contributed by atoms with Crippen LogP contribution in [0, 0.1) is 6.92 Å². The summed E-state index contributed by atoms with van der Waals surface area (Å²) >= 11 is 6.60. The number of aryl methyl sites for hydroxylation is 1. The lowest BCUT2D eigenvalue weighted by Crippen LogP contribution is -2.48. The van der Waals surface area contributed by atoms with Crippen LogP contribution >= 0.6 is 11.6 Å². The zero-order valence-corrected chi connectivity index (χ0v) is 22.3. The van der Waals surface area contributed by atoms with Crippen LogP contribution in [0.3, 0.4) is 0 Å². The SMILES string of the molecule is Cc1nc2cc(Cl)c(-c3cnc(N4CCN(S(C)(=O)=O)CC4)nc3)cn2c1Cc1ccccc1OC(F)F.